The first kappa shape index (κ1) is 25.8. The fourth-order valence-corrected chi connectivity index (χ4v) is 3.21. The molecule has 2 amide bonds. The molecule has 0 spiro atoms. The third-order valence-electron chi connectivity index (χ3n) is 4.98. The highest BCUT2D eigenvalue weighted by atomic mass is 19.1. The van der Waals surface area contributed by atoms with Gasteiger partial charge in [-0.05, 0) is 42.5 Å². The molecule has 0 bridgehead atoms. The molecule has 0 radical (unpaired) electrons. The number of rotatable bonds is 5. The van der Waals surface area contributed by atoms with E-state index in [1.54, 1.807) is 38.4 Å². The van der Waals surface area contributed by atoms with E-state index in [0.717, 1.165) is 18.5 Å². The number of nitrogen functional groups attached to an aromatic ring is 1. The van der Waals surface area contributed by atoms with E-state index in [-0.39, 0.29) is 28.7 Å². The second-order valence-electron chi connectivity index (χ2n) is 7.93. The number of hydrogen-bond acceptors (Lipinski definition) is 5. The maximum absolute atomic E-state index is 14.2. The average Bonchev–Trinajstić information content (AvgIpc) is 2.84. The third-order valence-corrected chi connectivity index (χ3v) is 4.98. The minimum absolute atomic E-state index is 0.144. The summed E-state index contributed by atoms with van der Waals surface area (Å²) in [6.45, 7) is -0.302. The number of halogens is 2. The van der Waals surface area contributed by atoms with Crippen molar-refractivity contribution in [2.45, 2.75) is 6.54 Å². The number of fused-ring (bicyclic) bond motifs is 1. The number of aromatic nitrogens is 2. The van der Waals surface area contributed by atoms with E-state index >= 15 is 0 Å². The van der Waals surface area contributed by atoms with E-state index in [2.05, 4.69) is 10.3 Å². The molecule has 0 saturated heterocycles. The summed E-state index contributed by atoms with van der Waals surface area (Å²) in [7, 11) is 3.38. The van der Waals surface area contributed by atoms with Gasteiger partial charge in [0.05, 0.1) is 12.1 Å². The molecule has 0 unspecified atom stereocenters. The third kappa shape index (κ3) is 6.00. The van der Waals surface area contributed by atoms with E-state index in [9.17, 15) is 28.0 Å². The minimum atomic E-state index is -0.774. The molecule has 2 heterocycles. The molecular formula is C25H23F2N5O4. The fourth-order valence-electron chi connectivity index (χ4n) is 3.21. The molecule has 2 aromatic carbocycles. The van der Waals surface area contributed by atoms with Crippen molar-refractivity contribution in [3.63, 3.8) is 0 Å². The second-order valence-corrected chi connectivity index (χ2v) is 7.93. The van der Waals surface area contributed by atoms with Gasteiger partial charge >= 0.3 is 0 Å². The van der Waals surface area contributed by atoms with Gasteiger partial charge in [-0.15, -0.1) is 0 Å². The molecule has 36 heavy (non-hydrogen) atoms. The molecule has 0 atom stereocenters. The first-order chi connectivity index (χ1) is 17.1. The Bertz CT molecular complexity index is 1510. The van der Waals surface area contributed by atoms with Crippen molar-refractivity contribution in [3.05, 3.63) is 104 Å². The van der Waals surface area contributed by atoms with E-state index in [1.807, 2.05) is 0 Å². The first-order valence-electron chi connectivity index (χ1n) is 10.6. The molecule has 4 aromatic rings. The number of anilines is 2. The van der Waals surface area contributed by atoms with Crippen molar-refractivity contribution in [2.24, 2.45) is 0 Å². The lowest BCUT2D eigenvalue weighted by Gasteiger charge is -2.14. The molecule has 186 valence electrons. The summed E-state index contributed by atoms with van der Waals surface area (Å²) >= 11 is 0. The number of H-pyrrole nitrogens is 1. The van der Waals surface area contributed by atoms with Crippen LogP contribution < -0.4 is 22.0 Å². The molecule has 9 nitrogen and oxygen atoms in total. The van der Waals surface area contributed by atoms with Gasteiger partial charge in [0.25, 0.3) is 5.91 Å². The summed E-state index contributed by atoms with van der Waals surface area (Å²) in [6, 6.07) is 12.3. The number of nitrogens with two attached hydrogens (primary N) is 1. The normalized spacial score (nSPS) is 10.3. The number of nitrogens with one attached hydrogen (secondary N) is 2. The van der Waals surface area contributed by atoms with Gasteiger partial charge in [0.15, 0.2) is 0 Å². The summed E-state index contributed by atoms with van der Waals surface area (Å²) in [6.07, 6.45) is 1.96. The first-order valence-corrected chi connectivity index (χ1v) is 10.6. The van der Waals surface area contributed by atoms with Crippen molar-refractivity contribution in [3.8, 4) is 0 Å². The summed E-state index contributed by atoms with van der Waals surface area (Å²) in [5.41, 5.74) is 4.77. The molecule has 0 aliphatic heterocycles. The minimum Gasteiger partial charge on any atom is -0.399 e. The van der Waals surface area contributed by atoms with Crippen LogP contribution in [-0.4, -0.2) is 40.9 Å². The highest BCUT2D eigenvalue weighted by Gasteiger charge is 2.18. The molecule has 2 aromatic heterocycles. The van der Waals surface area contributed by atoms with Crippen molar-refractivity contribution in [1.29, 1.82) is 0 Å². The zero-order valence-corrected chi connectivity index (χ0v) is 19.4. The van der Waals surface area contributed by atoms with Gasteiger partial charge < -0.3 is 25.5 Å². The Morgan fingerprint density at radius 1 is 1.06 bits per heavy atom. The lowest BCUT2D eigenvalue weighted by atomic mass is 10.1. The van der Waals surface area contributed by atoms with Crippen molar-refractivity contribution >= 4 is 34.7 Å². The van der Waals surface area contributed by atoms with Crippen LogP contribution in [-0.2, 0) is 11.3 Å². The summed E-state index contributed by atoms with van der Waals surface area (Å²) in [4.78, 5) is 50.7. The Hall–Kier alpha value is -4.80. The molecule has 4 N–H and O–H groups in total. The highest BCUT2D eigenvalue weighted by molar-refractivity contribution is 6.05. The topological polar surface area (TPSA) is 130 Å². The van der Waals surface area contributed by atoms with Crippen LogP contribution >= 0.6 is 0 Å². The number of nitrogens with zero attached hydrogens (tertiary/aromatic N) is 2. The number of aromatic amines is 1. The number of amides is 2. The van der Waals surface area contributed by atoms with Crippen LogP contribution in [0.25, 0.3) is 11.0 Å². The number of carbonyl (C=O) groups excluding carboxylic acids is 2. The van der Waals surface area contributed by atoms with Crippen molar-refractivity contribution in [1.82, 2.24) is 14.5 Å². The van der Waals surface area contributed by atoms with Crippen LogP contribution in [0, 0.1) is 11.6 Å². The van der Waals surface area contributed by atoms with Gasteiger partial charge in [-0.3, -0.25) is 19.2 Å². The van der Waals surface area contributed by atoms with Crippen LogP contribution in [0.3, 0.4) is 0 Å². The Labute approximate surface area is 203 Å². The number of hydrogen-bond donors (Lipinski definition) is 3. The van der Waals surface area contributed by atoms with Gasteiger partial charge in [0, 0.05) is 43.3 Å². The molecule has 0 aliphatic carbocycles. The summed E-state index contributed by atoms with van der Waals surface area (Å²) < 4.78 is 29.7. The Balaban J connectivity index is 0.000000658. The Kier molecular flexibility index (Phi) is 7.95. The predicted octanol–water partition coefficient (Wildman–Crippen LogP) is 2.56. The van der Waals surface area contributed by atoms with Crippen LogP contribution in [0.4, 0.5) is 20.2 Å². The van der Waals surface area contributed by atoms with Gasteiger partial charge in [-0.2, -0.15) is 0 Å². The lowest BCUT2D eigenvalue weighted by Crippen LogP contribution is -2.26. The van der Waals surface area contributed by atoms with Crippen LogP contribution in [0.1, 0.15) is 15.9 Å². The molecule has 0 aliphatic rings. The molecule has 0 fully saturated rings. The standard InChI is InChI=1S/C22H16F2N4O3.C3H7NO/c23-16-2-1-3-17(24)14(16)10-28-11-15(21(30)20-18(28)8-9-19(29)27-20)22(31)26-13-6-4-12(25)5-7-13;1-4(2)3-5/h1-9,11H,10,25H2,(H,26,31)(H,27,29);3H,1-2H3. The smallest absolute Gasteiger partial charge is 0.261 e. The van der Waals surface area contributed by atoms with E-state index in [4.69, 9.17) is 5.73 Å². The molecule has 0 saturated carbocycles. The quantitative estimate of drug-likeness (QED) is 0.289. The van der Waals surface area contributed by atoms with Crippen LogP contribution in [0.2, 0.25) is 0 Å². The maximum atomic E-state index is 14.2. The van der Waals surface area contributed by atoms with Crippen molar-refractivity contribution in [2.75, 3.05) is 25.1 Å². The lowest BCUT2D eigenvalue weighted by molar-refractivity contribution is -0.115. The molecular weight excluding hydrogens is 472 g/mol. The van der Waals surface area contributed by atoms with Crippen LogP contribution in [0.5, 0.6) is 0 Å². The number of benzene rings is 2. The molecule has 11 heteroatoms. The fraction of sp³-hybridized carbons (Fsp3) is 0.120. The second kappa shape index (κ2) is 11.1. The largest absolute Gasteiger partial charge is 0.399 e. The van der Waals surface area contributed by atoms with Gasteiger partial charge in [-0.25, -0.2) is 8.78 Å². The Morgan fingerprint density at radius 2 is 1.67 bits per heavy atom. The van der Waals surface area contributed by atoms with Gasteiger partial charge in [0.1, 0.15) is 22.7 Å². The zero-order chi connectivity index (χ0) is 26.4. The van der Waals surface area contributed by atoms with Gasteiger partial charge in [0.2, 0.25) is 17.4 Å². The van der Waals surface area contributed by atoms with Crippen molar-refractivity contribution < 1.29 is 18.4 Å². The predicted molar refractivity (Wildman–Crippen MR) is 133 cm³/mol. The summed E-state index contributed by atoms with van der Waals surface area (Å²) in [5, 5.41) is 2.57. The average molecular weight is 495 g/mol. The Morgan fingerprint density at radius 3 is 2.25 bits per heavy atom. The summed E-state index contributed by atoms with van der Waals surface area (Å²) in [5.74, 6) is -2.29. The van der Waals surface area contributed by atoms with E-state index < -0.39 is 28.5 Å². The maximum Gasteiger partial charge on any atom is 0.261 e. The highest BCUT2D eigenvalue weighted by Crippen LogP contribution is 2.18. The number of pyridine rings is 2. The number of carbonyl (C=O) groups is 2. The van der Waals surface area contributed by atoms with E-state index in [1.165, 1.54) is 33.9 Å². The van der Waals surface area contributed by atoms with Crippen LogP contribution in [0.15, 0.2) is 70.4 Å². The van der Waals surface area contributed by atoms with Gasteiger partial charge in [-0.1, -0.05) is 6.07 Å². The van der Waals surface area contributed by atoms with E-state index in [0.29, 0.717) is 11.4 Å². The monoisotopic (exact) mass is 495 g/mol. The zero-order valence-electron chi connectivity index (χ0n) is 19.4. The molecule has 4 rings (SSSR count). The SMILES string of the molecule is CN(C)C=O.Nc1ccc(NC(=O)c2cn(Cc3c(F)cccc3F)c3ccc(=O)[nH]c3c2=O)cc1.